The van der Waals surface area contributed by atoms with Gasteiger partial charge in [-0.25, -0.2) is 4.98 Å². The standard InChI is InChI=1S/C14H19N3O2S2/c1-9-17-12(6-21-9)10-4-11(15-5-10)13(18)16-7-14(2,19)8-20-3/h4-6,15,19H,7-8H2,1-3H3,(H,16,18). The Labute approximate surface area is 132 Å². The highest BCUT2D eigenvalue weighted by atomic mass is 32.2. The van der Waals surface area contributed by atoms with E-state index in [1.165, 1.54) is 0 Å². The molecule has 0 aliphatic rings. The Bertz CT molecular complexity index is 619. The topological polar surface area (TPSA) is 78.0 Å². The number of thioether (sulfide) groups is 1. The van der Waals surface area contributed by atoms with Gasteiger partial charge in [-0.3, -0.25) is 4.79 Å². The fourth-order valence-electron chi connectivity index (χ4n) is 1.90. The summed E-state index contributed by atoms with van der Waals surface area (Å²) in [5.41, 5.74) is 1.31. The molecule has 1 unspecified atom stereocenters. The molecule has 1 atom stereocenters. The molecule has 2 aromatic rings. The number of rotatable bonds is 6. The Morgan fingerprint density at radius 3 is 3.00 bits per heavy atom. The first-order valence-corrected chi connectivity index (χ1v) is 8.79. The first kappa shape index (κ1) is 16.1. The molecule has 0 fully saturated rings. The Morgan fingerprint density at radius 2 is 2.38 bits per heavy atom. The van der Waals surface area contributed by atoms with Gasteiger partial charge in [-0.05, 0) is 26.2 Å². The van der Waals surface area contributed by atoms with E-state index in [1.54, 1.807) is 42.3 Å². The normalized spacial score (nSPS) is 13.9. The molecule has 21 heavy (non-hydrogen) atoms. The van der Waals surface area contributed by atoms with Crippen molar-refractivity contribution in [2.24, 2.45) is 0 Å². The number of aromatic amines is 1. The van der Waals surface area contributed by atoms with Gasteiger partial charge in [0.2, 0.25) is 0 Å². The maximum absolute atomic E-state index is 12.1. The molecular formula is C14H19N3O2S2. The molecule has 0 spiro atoms. The summed E-state index contributed by atoms with van der Waals surface area (Å²) in [5.74, 6) is 0.344. The van der Waals surface area contributed by atoms with E-state index in [9.17, 15) is 9.90 Å². The third-order valence-electron chi connectivity index (χ3n) is 2.93. The van der Waals surface area contributed by atoms with Crippen LogP contribution in [-0.2, 0) is 0 Å². The molecule has 1 amide bonds. The molecule has 114 valence electrons. The van der Waals surface area contributed by atoms with E-state index in [2.05, 4.69) is 15.3 Å². The van der Waals surface area contributed by atoms with Crippen LogP contribution in [0.2, 0.25) is 0 Å². The highest BCUT2D eigenvalue weighted by Gasteiger charge is 2.21. The minimum Gasteiger partial charge on any atom is -0.387 e. The van der Waals surface area contributed by atoms with Gasteiger partial charge in [0.1, 0.15) is 5.69 Å². The lowest BCUT2D eigenvalue weighted by Gasteiger charge is -2.22. The second-order valence-corrected chi connectivity index (χ2v) is 7.09. The summed E-state index contributed by atoms with van der Waals surface area (Å²) in [6.07, 6.45) is 3.69. The van der Waals surface area contributed by atoms with Crippen molar-refractivity contribution in [2.45, 2.75) is 19.4 Å². The average Bonchev–Trinajstić information content (AvgIpc) is 3.04. The quantitative estimate of drug-likeness (QED) is 0.761. The van der Waals surface area contributed by atoms with Crippen LogP contribution in [0.3, 0.4) is 0 Å². The van der Waals surface area contributed by atoms with Crippen molar-refractivity contribution >= 4 is 29.0 Å². The van der Waals surface area contributed by atoms with E-state index in [1.807, 2.05) is 18.6 Å². The van der Waals surface area contributed by atoms with Crippen LogP contribution in [-0.4, -0.2) is 45.1 Å². The number of H-pyrrole nitrogens is 1. The van der Waals surface area contributed by atoms with Crippen LogP contribution in [0.15, 0.2) is 17.6 Å². The van der Waals surface area contributed by atoms with Crippen molar-refractivity contribution in [1.82, 2.24) is 15.3 Å². The summed E-state index contributed by atoms with van der Waals surface area (Å²) in [6.45, 7) is 3.88. The fraction of sp³-hybridized carbons (Fsp3) is 0.429. The molecule has 0 aliphatic heterocycles. The zero-order valence-electron chi connectivity index (χ0n) is 12.3. The maximum atomic E-state index is 12.1. The first-order chi connectivity index (χ1) is 9.91. The second kappa shape index (κ2) is 6.64. The molecule has 0 saturated carbocycles. The molecule has 5 nitrogen and oxygen atoms in total. The molecule has 2 heterocycles. The zero-order valence-corrected chi connectivity index (χ0v) is 13.9. The van der Waals surface area contributed by atoms with Gasteiger partial charge in [-0.1, -0.05) is 0 Å². The SMILES string of the molecule is CSCC(C)(O)CNC(=O)c1cc(-c2csc(C)n2)c[nH]1. The van der Waals surface area contributed by atoms with Crippen LogP contribution in [0.5, 0.6) is 0 Å². The molecule has 0 aromatic carbocycles. The van der Waals surface area contributed by atoms with Gasteiger partial charge < -0.3 is 15.4 Å². The van der Waals surface area contributed by atoms with Gasteiger partial charge in [0, 0.05) is 29.4 Å². The van der Waals surface area contributed by atoms with E-state index in [0.717, 1.165) is 16.3 Å². The predicted octanol–water partition coefficient (Wildman–Crippen LogP) is 2.29. The highest BCUT2D eigenvalue weighted by molar-refractivity contribution is 7.98. The monoisotopic (exact) mass is 325 g/mol. The smallest absolute Gasteiger partial charge is 0.267 e. The summed E-state index contributed by atoms with van der Waals surface area (Å²) in [7, 11) is 0. The number of amides is 1. The van der Waals surface area contributed by atoms with Gasteiger partial charge in [0.15, 0.2) is 0 Å². The number of thiazole rings is 1. The summed E-state index contributed by atoms with van der Waals surface area (Å²) >= 11 is 3.12. The van der Waals surface area contributed by atoms with Gasteiger partial charge in [0.25, 0.3) is 5.91 Å². The van der Waals surface area contributed by atoms with Crippen molar-refractivity contribution in [1.29, 1.82) is 0 Å². The maximum Gasteiger partial charge on any atom is 0.267 e. The van der Waals surface area contributed by atoms with E-state index in [4.69, 9.17) is 0 Å². The van der Waals surface area contributed by atoms with E-state index in [0.29, 0.717) is 11.4 Å². The van der Waals surface area contributed by atoms with Crippen molar-refractivity contribution < 1.29 is 9.90 Å². The van der Waals surface area contributed by atoms with E-state index >= 15 is 0 Å². The fourth-order valence-corrected chi connectivity index (χ4v) is 3.24. The molecule has 0 saturated heterocycles. The number of hydrogen-bond acceptors (Lipinski definition) is 5. The molecule has 0 radical (unpaired) electrons. The molecule has 3 N–H and O–H groups in total. The number of aryl methyl sites for hydroxylation is 1. The molecule has 2 aromatic heterocycles. The van der Waals surface area contributed by atoms with Crippen molar-refractivity contribution in [2.75, 3.05) is 18.6 Å². The van der Waals surface area contributed by atoms with Gasteiger partial charge >= 0.3 is 0 Å². The largest absolute Gasteiger partial charge is 0.387 e. The number of nitrogens with zero attached hydrogens (tertiary/aromatic N) is 1. The minimum absolute atomic E-state index is 0.219. The van der Waals surface area contributed by atoms with Gasteiger partial charge in [-0.2, -0.15) is 11.8 Å². The summed E-state index contributed by atoms with van der Waals surface area (Å²) < 4.78 is 0. The summed E-state index contributed by atoms with van der Waals surface area (Å²) in [5, 5.41) is 15.7. The lowest BCUT2D eigenvalue weighted by molar-refractivity contribution is 0.0722. The van der Waals surface area contributed by atoms with Crippen LogP contribution >= 0.6 is 23.1 Å². The lowest BCUT2D eigenvalue weighted by Crippen LogP contribution is -2.42. The second-order valence-electron chi connectivity index (χ2n) is 5.17. The lowest BCUT2D eigenvalue weighted by atomic mass is 10.1. The van der Waals surface area contributed by atoms with Crippen molar-refractivity contribution in [3.63, 3.8) is 0 Å². The zero-order chi connectivity index (χ0) is 15.5. The average molecular weight is 325 g/mol. The predicted molar refractivity (Wildman–Crippen MR) is 88.0 cm³/mol. The Hall–Kier alpha value is -1.31. The Balaban J connectivity index is 1.99. The van der Waals surface area contributed by atoms with Gasteiger partial charge in [-0.15, -0.1) is 11.3 Å². The Kier molecular flexibility index (Phi) is 5.08. The molecular weight excluding hydrogens is 306 g/mol. The molecule has 2 rings (SSSR count). The third kappa shape index (κ3) is 4.33. The number of carbonyl (C=O) groups is 1. The number of carbonyl (C=O) groups excluding carboxylic acids is 1. The summed E-state index contributed by atoms with van der Waals surface area (Å²) in [6, 6.07) is 1.77. The van der Waals surface area contributed by atoms with Crippen LogP contribution < -0.4 is 5.32 Å². The summed E-state index contributed by atoms with van der Waals surface area (Å²) in [4.78, 5) is 19.4. The van der Waals surface area contributed by atoms with Gasteiger partial charge in [0.05, 0.1) is 16.3 Å². The van der Waals surface area contributed by atoms with Crippen LogP contribution in [0, 0.1) is 6.92 Å². The highest BCUT2D eigenvalue weighted by Crippen LogP contribution is 2.22. The van der Waals surface area contributed by atoms with Crippen LogP contribution in [0.1, 0.15) is 22.4 Å². The number of aliphatic hydroxyl groups is 1. The first-order valence-electron chi connectivity index (χ1n) is 6.52. The van der Waals surface area contributed by atoms with E-state index < -0.39 is 5.60 Å². The van der Waals surface area contributed by atoms with E-state index in [-0.39, 0.29) is 12.5 Å². The number of nitrogens with one attached hydrogen (secondary N) is 2. The third-order valence-corrected chi connectivity index (χ3v) is 4.61. The molecule has 0 aliphatic carbocycles. The number of hydrogen-bond donors (Lipinski definition) is 3. The number of aromatic nitrogens is 2. The van der Waals surface area contributed by atoms with Crippen LogP contribution in [0.25, 0.3) is 11.3 Å². The minimum atomic E-state index is -0.906. The molecule has 7 heteroatoms. The Morgan fingerprint density at radius 1 is 1.62 bits per heavy atom. The van der Waals surface area contributed by atoms with Crippen molar-refractivity contribution in [3.05, 3.63) is 28.3 Å². The molecule has 0 bridgehead atoms. The van der Waals surface area contributed by atoms with Crippen LogP contribution in [0.4, 0.5) is 0 Å². The van der Waals surface area contributed by atoms with Crippen molar-refractivity contribution in [3.8, 4) is 11.3 Å².